The maximum Gasteiger partial charge on any atom is 0.227 e. The van der Waals surface area contributed by atoms with E-state index in [1.165, 1.54) is 0 Å². The van der Waals surface area contributed by atoms with Crippen LogP contribution < -0.4 is 9.47 Å². The van der Waals surface area contributed by atoms with E-state index >= 15 is 0 Å². The van der Waals surface area contributed by atoms with Crippen molar-refractivity contribution >= 4 is 5.91 Å². The highest BCUT2D eigenvalue weighted by atomic mass is 16.5. The van der Waals surface area contributed by atoms with E-state index in [0.29, 0.717) is 37.4 Å². The number of ether oxygens (including phenoxy) is 3. The third kappa shape index (κ3) is 4.42. The number of methoxy groups -OCH3 is 3. The van der Waals surface area contributed by atoms with Gasteiger partial charge in [0.2, 0.25) is 5.91 Å². The van der Waals surface area contributed by atoms with Crippen LogP contribution in [0.4, 0.5) is 0 Å². The minimum atomic E-state index is -0.00948. The van der Waals surface area contributed by atoms with E-state index in [0.717, 1.165) is 17.0 Å². The molecule has 7 nitrogen and oxygen atoms in total. The molecular formula is C20H26N2O5. The van der Waals surface area contributed by atoms with E-state index in [1.54, 1.807) is 21.3 Å². The molecule has 1 saturated heterocycles. The summed E-state index contributed by atoms with van der Waals surface area (Å²) < 4.78 is 21.5. The van der Waals surface area contributed by atoms with E-state index in [2.05, 4.69) is 5.16 Å². The summed E-state index contributed by atoms with van der Waals surface area (Å²) in [5.41, 5.74) is 1.75. The monoisotopic (exact) mass is 374 g/mol. The Balaban J connectivity index is 1.65. The van der Waals surface area contributed by atoms with Crippen LogP contribution in [0.1, 0.15) is 17.0 Å². The van der Waals surface area contributed by atoms with Gasteiger partial charge < -0.3 is 23.6 Å². The Labute approximate surface area is 159 Å². The standard InChI is InChI=1S/C20H26N2O5/c1-13-7-16(27-21-13)10-15-11-22(12-19(15)26-4)20(23)9-14-5-6-17(24-2)18(8-14)25-3/h5-8,15,19H,9-12H2,1-4H3/t15-,19+/m1/s1. The lowest BCUT2D eigenvalue weighted by Crippen LogP contribution is -2.31. The molecule has 7 heteroatoms. The van der Waals surface area contributed by atoms with Gasteiger partial charge in [0.05, 0.1) is 32.4 Å². The molecule has 0 unspecified atom stereocenters. The van der Waals surface area contributed by atoms with Crippen LogP contribution in [0.3, 0.4) is 0 Å². The molecule has 0 N–H and O–H groups in total. The minimum absolute atomic E-state index is 0.00948. The number of nitrogens with zero attached hydrogens (tertiary/aromatic N) is 2. The van der Waals surface area contributed by atoms with Crippen molar-refractivity contribution in [3.8, 4) is 11.5 Å². The second-order valence-corrected chi connectivity index (χ2v) is 6.84. The summed E-state index contributed by atoms with van der Waals surface area (Å²) in [5, 5.41) is 3.93. The summed E-state index contributed by atoms with van der Waals surface area (Å²) in [7, 11) is 4.86. The Morgan fingerprint density at radius 2 is 1.96 bits per heavy atom. The molecule has 146 valence electrons. The molecule has 1 aliphatic rings. The van der Waals surface area contributed by atoms with Crippen LogP contribution in [0.25, 0.3) is 0 Å². The van der Waals surface area contributed by atoms with Gasteiger partial charge in [0.25, 0.3) is 0 Å². The van der Waals surface area contributed by atoms with Crippen molar-refractivity contribution < 1.29 is 23.5 Å². The largest absolute Gasteiger partial charge is 0.493 e. The van der Waals surface area contributed by atoms with Crippen LogP contribution in [0, 0.1) is 12.8 Å². The van der Waals surface area contributed by atoms with Crippen LogP contribution in [0.5, 0.6) is 11.5 Å². The molecule has 1 aliphatic heterocycles. The van der Waals surface area contributed by atoms with Crippen LogP contribution in [-0.2, 0) is 22.4 Å². The van der Waals surface area contributed by atoms with Crippen molar-refractivity contribution in [3.05, 3.63) is 41.3 Å². The Bertz CT molecular complexity index is 788. The molecule has 1 amide bonds. The fourth-order valence-electron chi connectivity index (χ4n) is 3.56. The number of likely N-dealkylation sites (tertiary alicyclic amines) is 1. The molecule has 1 aromatic heterocycles. The third-order valence-corrected chi connectivity index (χ3v) is 4.98. The van der Waals surface area contributed by atoms with Crippen molar-refractivity contribution in [2.24, 2.45) is 5.92 Å². The zero-order chi connectivity index (χ0) is 19.4. The molecule has 2 aromatic rings. The van der Waals surface area contributed by atoms with Crippen LogP contribution in [-0.4, -0.2) is 56.5 Å². The lowest BCUT2D eigenvalue weighted by Gasteiger charge is -2.16. The van der Waals surface area contributed by atoms with E-state index in [1.807, 2.05) is 36.1 Å². The van der Waals surface area contributed by atoms with Gasteiger partial charge in [-0.3, -0.25) is 4.79 Å². The van der Waals surface area contributed by atoms with Gasteiger partial charge in [-0.15, -0.1) is 0 Å². The van der Waals surface area contributed by atoms with Gasteiger partial charge in [-0.25, -0.2) is 0 Å². The first-order valence-electron chi connectivity index (χ1n) is 8.97. The lowest BCUT2D eigenvalue weighted by atomic mass is 10.0. The number of hydrogen-bond donors (Lipinski definition) is 0. The quantitative estimate of drug-likeness (QED) is 0.740. The van der Waals surface area contributed by atoms with E-state index in [-0.39, 0.29) is 17.9 Å². The first-order valence-corrected chi connectivity index (χ1v) is 8.97. The van der Waals surface area contributed by atoms with Crippen molar-refractivity contribution in [1.29, 1.82) is 0 Å². The number of hydrogen-bond acceptors (Lipinski definition) is 6. The van der Waals surface area contributed by atoms with Crippen LogP contribution >= 0.6 is 0 Å². The molecule has 0 bridgehead atoms. The highest BCUT2D eigenvalue weighted by Crippen LogP contribution is 2.29. The summed E-state index contributed by atoms with van der Waals surface area (Å²) in [6.07, 6.45) is 1.01. The SMILES string of the molecule is COc1ccc(CC(=O)N2C[C@@H](Cc3cc(C)no3)[C@@H](OC)C2)cc1OC. The first-order chi connectivity index (χ1) is 13.0. The molecule has 0 spiro atoms. The summed E-state index contributed by atoms with van der Waals surface area (Å²) in [6.45, 7) is 3.12. The highest BCUT2D eigenvalue weighted by Gasteiger charge is 2.36. The summed E-state index contributed by atoms with van der Waals surface area (Å²) in [4.78, 5) is 14.7. The highest BCUT2D eigenvalue weighted by molar-refractivity contribution is 5.79. The number of aromatic nitrogens is 1. The molecule has 1 aromatic carbocycles. The normalized spacial score (nSPS) is 19.3. The fourth-order valence-corrected chi connectivity index (χ4v) is 3.56. The van der Waals surface area contributed by atoms with E-state index < -0.39 is 0 Å². The Hall–Kier alpha value is -2.54. The third-order valence-electron chi connectivity index (χ3n) is 4.98. The molecule has 3 rings (SSSR count). The number of amides is 1. The number of carbonyl (C=O) groups is 1. The average molecular weight is 374 g/mol. The van der Waals surface area contributed by atoms with Gasteiger partial charge in [-0.2, -0.15) is 0 Å². The molecule has 27 heavy (non-hydrogen) atoms. The second kappa shape index (κ2) is 8.43. The van der Waals surface area contributed by atoms with Gasteiger partial charge in [0.15, 0.2) is 11.5 Å². The molecule has 0 saturated carbocycles. The average Bonchev–Trinajstić information content (AvgIpc) is 3.27. The van der Waals surface area contributed by atoms with E-state index in [9.17, 15) is 4.79 Å². The number of benzene rings is 1. The summed E-state index contributed by atoms with van der Waals surface area (Å²) >= 11 is 0. The fraction of sp³-hybridized carbons (Fsp3) is 0.500. The Kier molecular flexibility index (Phi) is 6.01. The number of rotatable bonds is 7. The maximum atomic E-state index is 12.8. The van der Waals surface area contributed by atoms with Gasteiger partial charge in [-0.05, 0) is 24.6 Å². The lowest BCUT2D eigenvalue weighted by molar-refractivity contribution is -0.129. The smallest absolute Gasteiger partial charge is 0.227 e. The Morgan fingerprint density at radius 1 is 1.19 bits per heavy atom. The molecule has 2 atom stereocenters. The molecule has 0 radical (unpaired) electrons. The zero-order valence-electron chi connectivity index (χ0n) is 16.2. The van der Waals surface area contributed by atoms with Crippen LogP contribution in [0.15, 0.2) is 28.8 Å². The second-order valence-electron chi connectivity index (χ2n) is 6.84. The van der Waals surface area contributed by atoms with Gasteiger partial charge >= 0.3 is 0 Å². The topological polar surface area (TPSA) is 74.0 Å². The molecule has 0 aliphatic carbocycles. The number of carbonyl (C=O) groups excluding carboxylic acids is 1. The predicted octanol–water partition coefficient (Wildman–Crippen LogP) is 2.26. The van der Waals surface area contributed by atoms with Gasteiger partial charge in [0.1, 0.15) is 5.76 Å². The molecule has 1 fully saturated rings. The maximum absolute atomic E-state index is 12.8. The first kappa shape index (κ1) is 19.2. The minimum Gasteiger partial charge on any atom is -0.493 e. The van der Waals surface area contributed by atoms with Crippen molar-refractivity contribution in [2.45, 2.75) is 25.9 Å². The predicted molar refractivity (Wildman–Crippen MR) is 99.1 cm³/mol. The van der Waals surface area contributed by atoms with Crippen molar-refractivity contribution in [1.82, 2.24) is 10.1 Å². The molecular weight excluding hydrogens is 348 g/mol. The van der Waals surface area contributed by atoms with Crippen molar-refractivity contribution in [2.75, 3.05) is 34.4 Å². The summed E-state index contributed by atoms with van der Waals surface area (Å²) in [6, 6.07) is 7.48. The molecule has 2 heterocycles. The van der Waals surface area contributed by atoms with E-state index in [4.69, 9.17) is 18.7 Å². The van der Waals surface area contributed by atoms with Gasteiger partial charge in [-0.1, -0.05) is 11.2 Å². The summed E-state index contributed by atoms with van der Waals surface area (Å²) in [5.74, 6) is 2.36. The number of aryl methyl sites for hydroxylation is 1. The van der Waals surface area contributed by atoms with Crippen LogP contribution in [0.2, 0.25) is 0 Å². The zero-order valence-corrected chi connectivity index (χ0v) is 16.2. The van der Waals surface area contributed by atoms with Crippen molar-refractivity contribution in [3.63, 3.8) is 0 Å². The van der Waals surface area contributed by atoms with Gasteiger partial charge in [0, 0.05) is 38.6 Å². The Morgan fingerprint density at radius 3 is 2.59 bits per heavy atom.